The van der Waals surface area contributed by atoms with E-state index in [-0.39, 0.29) is 5.57 Å². The summed E-state index contributed by atoms with van der Waals surface area (Å²) in [4.78, 5) is 36.3. The lowest BCUT2D eigenvalue weighted by atomic mass is 10.1. The number of nitrogens with zero attached hydrogens (tertiary/aromatic N) is 1. The lowest BCUT2D eigenvalue weighted by Crippen LogP contribution is -2.75. The lowest BCUT2D eigenvalue weighted by Gasteiger charge is -2.52. The van der Waals surface area contributed by atoms with Crippen LogP contribution in [0.25, 0.3) is 0 Å². The number of carbonyl (C=O) groups is 3. The van der Waals surface area contributed by atoms with Crippen molar-refractivity contribution >= 4 is 34.2 Å². The van der Waals surface area contributed by atoms with Crippen molar-refractivity contribution in [2.75, 3.05) is 0 Å². The van der Waals surface area contributed by atoms with Crippen LogP contribution in [0.2, 0.25) is 39.3 Å². The zero-order valence-corrected chi connectivity index (χ0v) is 16.5. The molecular formula is C14H27NO5Si2. The maximum atomic E-state index is 12.7. The molecule has 0 aliphatic rings. The Morgan fingerprint density at radius 2 is 1.45 bits per heavy atom. The van der Waals surface area contributed by atoms with Crippen LogP contribution >= 0.6 is 0 Å². The molecule has 0 aliphatic carbocycles. The number of carbonyl (C=O) groups excluding carboxylic acids is 1. The van der Waals surface area contributed by atoms with Gasteiger partial charge in [-0.1, -0.05) is 45.9 Å². The Labute approximate surface area is 133 Å². The van der Waals surface area contributed by atoms with Gasteiger partial charge in [0, 0.05) is 5.57 Å². The maximum absolute atomic E-state index is 12.7. The van der Waals surface area contributed by atoms with Gasteiger partial charge in [0.1, 0.15) is 5.16 Å². The van der Waals surface area contributed by atoms with Crippen LogP contribution in [0.1, 0.15) is 13.3 Å². The van der Waals surface area contributed by atoms with E-state index in [4.69, 9.17) is 0 Å². The van der Waals surface area contributed by atoms with E-state index in [2.05, 4.69) is 6.58 Å². The Hall–Kier alpha value is -1.42. The molecule has 0 aromatic rings. The number of carboxylic acid groups (broad SMARTS) is 2. The fourth-order valence-corrected chi connectivity index (χ4v) is 8.86. The molecule has 126 valence electrons. The fraction of sp³-hybridized carbons (Fsp3) is 0.643. The van der Waals surface area contributed by atoms with Crippen LogP contribution in [0.4, 0.5) is 0 Å². The van der Waals surface area contributed by atoms with Crippen molar-refractivity contribution in [2.24, 2.45) is 0 Å². The third kappa shape index (κ3) is 3.86. The summed E-state index contributed by atoms with van der Waals surface area (Å²) in [5.74, 6) is -2.93. The van der Waals surface area contributed by atoms with Crippen molar-refractivity contribution in [3.8, 4) is 0 Å². The highest BCUT2D eigenvalue weighted by Crippen LogP contribution is 2.36. The van der Waals surface area contributed by atoms with Crippen molar-refractivity contribution in [1.82, 2.24) is 4.57 Å². The molecule has 2 N–H and O–H groups in total. The first kappa shape index (κ1) is 20.6. The zero-order chi connectivity index (χ0) is 18.1. The van der Waals surface area contributed by atoms with Gasteiger partial charge in [0.05, 0.1) is 14.5 Å². The fourth-order valence-electron chi connectivity index (χ4n) is 2.63. The van der Waals surface area contributed by atoms with Gasteiger partial charge in [0.2, 0.25) is 5.91 Å². The van der Waals surface area contributed by atoms with Gasteiger partial charge in [0.15, 0.2) is 8.24 Å². The van der Waals surface area contributed by atoms with Crippen LogP contribution in [0, 0.1) is 0 Å². The minimum atomic E-state index is -2.63. The van der Waals surface area contributed by atoms with Crippen LogP contribution in [-0.2, 0) is 14.4 Å². The summed E-state index contributed by atoms with van der Waals surface area (Å²) in [5, 5.41) is 17.6. The minimum Gasteiger partial charge on any atom is -0.481 e. The zero-order valence-electron chi connectivity index (χ0n) is 14.5. The molecule has 0 aromatic carbocycles. The Morgan fingerprint density at radius 1 is 1.05 bits per heavy atom. The van der Waals surface area contributed by atoms with Gasteiger partial charge < -0.3 is 14.8 Å². The Bertz CT molecular complexity index is 504. The molecule has 6 nitrogen and oxygen atoms in total. The predicted molar refractivity (Wildman–Crippen MR) is 91.0 cm³/mol. The van der Waals surface area contributed by atoms with E-state index in [1.165, 1.54) is 11.5 Å². The molecule has 0 saturated heterocycles. The summed E-state index contributed by atoms with van der Waals surface area (Å²) < 4.78 is 1.35. The quantitative estimate of drug-likeness (QED) is 0.546. The smallest absolute Gasteiger partial charge is 0.325 e. The average molecular weight is 346 g/mol. The van der Waals surface area contributed by atoms with E-state index >= 15 is 0 Å². The predicted octanol–water partition coefficient (Wildman–Crippen LogP) is 2.40. The molecule has 0 saturated carbocycles. The lowest BCUT2D eigenvalue weighted by molar-refractivity contribution is -0.154. The molecule has 0 bridgehead atoms. The summed E-state index contributed by atoms with van der Waals surface area (Å²) in [6.07, 6.45) is -0.596. The summed E-state index contributed by atoms with van der Waals surface area (Å²) in [6.45, 7) is 16.0. The van der Waals surface area contributed by atoms with Gasteiger partial charge in [-0.3, -0.25) is 14.4 Å². The number of rotatable bonds is 7. The van der Waals surface area contributed by atoms with Gasteiger partial charge in [-0.2, -0.15) is 0 Å². The molecule has 0 aliphatic heterocycles. The molecule has 8 heteroatoms. The van der Waals surface area contributed by atoms with Crippen LogP contribution in [-0.4, -0.2) is 54.1 Å². The summed E-state index contributed by atoms with van der Waals surface area (Å²) in [7, 11) is -5.10. The second kappa shape index (κ2) is 6.37. The van der Waals surface area contributed by atoms with Crippen molar-refractivity contribution in [3.63, 3.8) is 0 Å². The standard InChI is InChI=1S/C14H27NO5Si2/c1-10(2)12(18)15(22(6,7)8)14(13(19)20,9-11(16)17)21(3,4)5/h1,9H2,2-8H3,(H,16,17)(H,19,20)/t14-/m1/s1. The van der Waals surface area contributed by atoms with E-state index in [1.807, 2.05) is 19.6 Å². The second-order valence-electron chi connectivity index (χ2n) is 7.58. The Kier molecular flexibility index (Phi) is 5.96. The van der Waals surface area contributed by atoms with Gasteiger partial charge in [-0.05, 0) is 6.92 Å². The third-order valence-electron chi connectivity index (χ3n) is 3.62. The maximum Gasteiger partial charge on any atom is 0.325 e. The van der Waals surface area contributed by atoms with Crippen molar-refractivity contribution in [1.29, 1.82) is 0 Å². The summed E-state index contributed by atoms with van der Waals surface area (Å²) in [6, 6.07) is 0. The molecule has 0 rings (SSSR count). The molecule has 1 amide bonds. The minimum absolute atomic E-state index is 0.219. The van der Waals surface area contributed by atoms with Crippen molar-refractivity contribution < 1.29 is 24.6 Å². The highest BCUT2D eigenvalue weighted by molar-refractivity contribution is 6.86. The van der Waals surface area contributed by atoms with E-state index < -0.39 is 45.7 Å². The molecule has 22 heavy (non-hydrogen) atoms. The third-order valence-corrected chi connectivity index (χ3v) is 8.87. The van der Waals surface area contributed by atoms with Gasteiger partial charge >= 0.3 is 11.9 Å². The second-order valence-corrected chi connectivity index (χ2v) is 17.7. The highest BCUT2D eigenvalue weighted by atomic mass is 28.3. The Morgan fingerprint density at radius 3 is 1.64 bits per heavy atom. The summed E-state index contributed by atoms with van der Waals surface area (Å²) in [5.41, 5.74) is 0.219. The van der Waals surface area contributed by atoms with E-state index in [0.29, 0.717) is 0 Å². The van der Waals surface area contributed by atoms with Gasteiger partial charge in [0.25, 0.3) is 0 Å². The first-order valence-corrected chi connectivity index (χ1v) is 14.0. The molecule has 0 unspecified atom stereocenters. The molecular weight excluding hydrogens is 318 g/mol. The number of hydrogen-bond acceptors (Lipinski definition) is 3. The highest BCUT2D eigenvalue weighted by Gasteiger charge is 2.60. The molecule has 0 radical (unpaired) electrons. The van der Waals surface area contributed by atoms with Crippen LogP contribution in [0.3, 0.4) is 0 Å². The van der Waals surface area contributed by atoms with E-state index in [0.717, 1.165) is 0 Å². The SMILES string of the molecule is C=C(C)C(=O)N([C@@](CC(=O)O)(C(=O)O)[Si](C)(C)C)[Si](C)(C)C. The van der Waals surface area contributed by atoms with Crippen LogP contribution < -0.4 is 0 Å². The van der Waals surface area contributed by atoms with Crippen molar-refractivity contribution in [2.45, 2.75) is 57.8 Å². The molecule has 0 fully saturated rings. The van der Waals surface area contributed by atoms with E-state index in [9.17, 15) is 24.6 Å². The number of hydrogen-bond donors (Lipinski definition) is 2. The average Bonchev–Trinajstić information content (AvgIpc) is 2.22. The molecule has 0 heterocycles. The number of aliphatic carboxylic acids is 2. The van der Waals surface area contributed by atoms with Crippen molar-refractivity contribution in [3.05, 3.63) is 12.2 Å². The number of amides is 1. The van der Waals surface area contributed by atoms with Crippen LogP contribution in [0.15, 0.2) is 12.2 Å². The van der Waals surface area contributed by atoms with Crippen LogP contribution in [0.5, 0.6) is 0 Å². The molecule has 0 aromatic heterocycles. The molecule has 0 spiro atoms. The van der Waals surface area contributed by atoms with Gasteiger partial charge in [-0.25, -0.2) is 0 Å². The Balaban J connectivity index is 6.67. The normalized spacial score (nSPS) is 14.9. The topological polar surface area (TPSA) is 94.9 Å². The first-order valence-electron chi connectivity index (χ1n) is 7.04. The summed E-state index contributed by atoms with van der Waals surface area (Å²) >= 11 is 0. The monoisotopic (exact) mass is 345 g/mol. The van der Waals surface area contributed by atoms with E-state index in [1.54, 1.807) is 19.6 Å². The van der Waals surface area contributed by atoms with Gasteiger partial charge in [-0.15, -0.1) is 0 Å². The number of carboxylic acids is 2. The largest absolute Gasteiger partial charge is 0.481 e. The molecule has 1 atom stereocenters. The first-order chi connectivity index (χ1) is 9.59.